The molecule has 8 heteroatoms. The van der Waals surface area contributed by atoms with Crippen molar-refractivity contribution in [1.82, 2.24) is 15.2 Å². The van der Waals surface area contributed by atoms with Crippen LogP contribution in [0.15, 0.2) is 42.6 Å². The second-order valence-electron chi connectivity index (χ2n) is 7.16. The van der Waals surface area contributed by atoms with Crippen molar-refractivity contribution in [2.24, 2.45) is 0 Å². The van der Waals surface area contributed by atoms with Crippen molar-refractivity contribution in [3.05, 3.63) is 54.1 Å². The van der Waals surface area contributed by atoms with Crippen LogP contribution in [0.25, 0.3) is 0 Å². The van der Waals surface area contributed by atoms with E-state index in [1.54, 1.807) is 13.2 Å². The maximum Gasteiger partial charge on any atom is 0.222 e. The van der Waals surface area contributed by atoms with Gasteiger partial charge in [0.05, 0.1) is 20.3 Å². The van der Waals surface area contributed by atoms with Gasteiger partial charge in [0.1, 0.15) is 5.75 Å². The zero-order valence-electron chi connectivity index (χ0n) is 17.3. The quantitative estimate of drug-likeness (QED) is 0.473. The molecule has 0 unspecified atom stereocenters. The third-order valence-electron chi connectivity index (χ3n) is 5.09. The third-order valence-corrected chi connectivity index (χ3v) is 5.09. The Morgan fingerprint density at radius 1 is 1.17 bits per heavy atom. The average molecular weight is 416 g/mol. The lowest BCUT2D eigenvalue weighted by atomic mass is 10.2. The molecule has 7 nitrogen and oxygen atoms in total. The number of benzene rings is 1. The lowest BCUT2D eigenvalue weighted by Gasteiger charge is -2.36. The van der Waals surface area contributed by atoms with Crippen molar-refractivity contribution < 1.29 is 18.7 Å². The number of pyridine rings is 1. The highest BCUT2D eigenvalue weighted by Crippen LogP contribution is 2.22. The van der Waals surface area contributed by atoms with Crippen molar-refractivity contribution in [3.8, 4) is 5.75 Å². The van der Waals surface area contributed by atoms with Crippen LogP contribution in [0, 0.1) is 5.95 Å². The smallest absolute Gasteiger partial charge is 0.222 e. The molecule has 0 saturated carbocycles. The van der Waals surface area contributed by atoms with Crippen LogP contribution in [0.1, 0.15) is 12.0 Å². The first-order valence-electron chi connectivity index (χ1n) is 10.2. The van der Waals surface area contributed by atoms with Gasteiger partial charge in [-0.3, -0.25) is 9.69 Å². The summed E-state index contributed by atoms with van der Waals surface area (Å²) in [6.45, 7) is 6.07. The number of rotatable bonds is 10. The Labute approximate surface area is 176 Å². The predicted molar refractivity (Wildman–Crippen MR) is 113 cm³/mol. The van der Waals surface area contributed by atoms with E-state index in [1.165, 1.54) is 18.0 Å². The van der Waals surface area contributed by atoms with E-state index in [-0.39, 0.29) is 5.91 Å². The van der Waals surface area contributed by atoms with Gasteiger partial charge in [-0.2, -0.15) is 4.39 Å². The van der Waals surface area contributed by atoms with Gasteiger partial charge in [0.25, 0.3) is 0 Å². The molecule has 3 rings (SSSR count). The van der Waals surface area contributed by atoms with Gasteiger partial charge in [-0.25, -0.2) is 4.98 Å². The minimum absolute atomic E-state index is 0.0915. The molecule has 0 radical (unpaired) electrons. The molecule has 0 atom stereocenters. The minimum Gasteiger partial charge on any atom is -0.497 e. The standard InChI is InChI=1S/C22H29FN4O3/c1-29-20-4-2-3-19(15-20)27-10-8-26(9-11-27)12-14-30-13-7-22(28)25-17-18-5-6-21(23)24-16-18/h2-6,15-16H,7-14,17H2,1H3,(H,25,28). The Morgan fingerprint density at radius 3 is 2.73 bits per heavy atom. The number of methoxy groups -OCH3 is 1. The average Bonchev–Trinajstić information content (AvgIpc) is 2.79. The minimum atomic E-state index is -0.528. The molecule has 1 aliphatic heterocycles. The molecule has 1 saturated heterocycles. The lowest BCUT2D eigenvalue weighted by Crippen LogP contribution is -2.47. The number of halogens is 1. The number of hydrogen-bond acceptors (Lipinski definition) is 6. The second kappa shape index (κ2) is 11.5. The number of amides is 1. The third kappa shape index (κ3) is 6.96. The fourth-order valence-electron chi connectivity index (χ4n) is 3.30. The molecule has 1 N–H and O–H groups in total. The van der Waals surface area contributed by atoms with Gasteiger partial charge in [0.2, 0.25) is 11.9 Å². The molecule has 0 spiro atoms. The molecule has 162 valence electrons. The lowest BCUT2D eigenvalue weighted by molar-refractivity contribution is -0.122. The molecule has 1 aliphatic rings. The first kappa shape index (κ1) is 22.0. The summed E-state index contributed by atoms with van der Waals surface area (Å²) in [7, 11) is 1.68. The fraction of sp³-hybridized carbons (Fsp3) is 0.455. The van der Waals surface area contributed by atoms with Gasteiger partial charge in [-0.15, -0.1) is 0 Å². The molecular weight excluding hydrogens is 387 g/mol. The molecule has 1 aromatic carbocycles. The summed E-state index contributed by atoms with van der Waals surface area (Å²) in [5.74, 6) is 0.258. The summed E-state index contributed by atoms with van der Waals surface area (Å²) >= 11 is 0. The zero-order chi connectivity index (χ0) is 21.2. The van der Waals surface area contributed by atoms with Gasteiger partial charge < -0.3 is 19.7 Å². The van der Waals surface area contributed by atoms with Crippen LogP contribution < -0.4 is 15.0 Å². The summed E-state index contributed by atoms with van der Waals surface area (Å²) in [5.41, 5.74) is 1.95. The summed E-state index contributed by atoms with van der Waals surface area (Å²) in [6, 6.07) is 11.0. The maximum atomic E-state index is 12.8. The molecule has 1 amide bonds. The van der Waals surface area contributed by atoms with Crippen molar-refractivity contribution in [2.75, 3.05) is 57.9 Å². The van der Waals surface area contributed by atoms with E-state index in [0.717, 1.165) is 44.0 Å². The normalized spacial score (nSPS) is 14.5. The van der Waals surface area contributed by atoms with Gasteiger partial charge >= 0.3 is 0 Å². The highest BCUT2D eigenvalue weighted by atomic mass is 19.1. The van der Waals surface area contributed by atoms with Crippen LogP contribution in [0.3, 0.4) is 0 Å². The van der Waals surface area contributed by atoms with Crippen molar-refractivity contribution in [3.63, 3.8) is 0 Å². The van der Waals surface area contributed by atoms with Crippen molar-refractivity contribution >= 4 is 11.6 Å². The summed E-state index contributed by atoms with van der Waals surface area (Å²) in [6.07, 6.45) is 1.72. The molecule has 2 heterocycles. The Bertz CT molecular complexity index is 795. The zero-order valence-corrected chi connectivity index (χ0v) is 17.3. The number of anilines is 1. The highest BCUT2D eigenvalue weighted by Gasteiger charge is 2.17. The maximum absolute atomic E-state index is 12.8. The van der Waals surface area contributed by atoms with E-state index in [9.17, 15) is 9.18 Å². The molecule has 1 aromatic heterocycles. The van der Waals surface area contributed by atoms with Gasteiger partial charge in [-0.05, 0) is 23.8 Å². The number of aromatic nitrogens is 1. The van der Waals surface area contributed by atoms with E-state index >= 15 is 0 Å². The Balaban J connectivity index is 1.25. The molecule has 0 aliphatic carbocycles. The first-order valence-corrected chi connectivity index (χ1v) is 10.2. The molecule has 1 fully saturated rings. The molecular formula is C22H29FN4O3. The summed E-state index contributed by atoms with van der Waals surface area (Å²) in [5, 5.41) is 2.78. The van der Waals surface area contributed by atoms with Crippen LogP contribution in [0.2, 0.25) is 0 Å². The predicted octanol–water partition coefficient (Wildman–Crippen LogP) is 2.07. The van der Waals surface area contributed by atoms with Crippen LogP contribution >= 0.6 is 0 Å². The number of carbonyl (C=O) groups excluding carboxylic acids is 1. The van der Waals surface area contributed by atoms with Crippen molar-refractivity contribution in [1.29, 1.82) is 0 Å². The summed E-state index contributed by atoms with van der Waals surface area (Å²) in [4.78, 5) is 20.2. The van der Waals surface area contributed by atoms with E-state index in [4.69, 9.17) is 9.47 Å². The van der Waals surface area contributed by atoms with Crippen LogP contribution in [0.4, 0.5) is 10.1 Å². The second-order valence-corrected chi connectivity index (χ2v) is 7.16. The Hall–Kier alpha value is -2.71. The van der Waals surface area contributed by atoms with E-state index in [1.807, 2.05) is 12.1 Å². The first-order chi connectivity index (χ1) is 14.6. The van der Waals surface area contributed by atoms with Gasteiger partial charge in [0, 0.05) is 63.6 Å². The molecule has 0 bridgehead atoms. The van der Waals surface area contributed by atoms with E-state index in [2.05, 4.69) is 32.2 Å². The van der Waals surface area contributed by atoms with Crippen LogP contribution in [-0.4, -0.2) is 68.8 Å². The van der Waals surface area contributed by atoms with E-state index < -0.39 is 5.95 Å². The number of piperazine rings is 1. The molecule has 30 heavy (non-hydrogen) atoms. The van der Waals surface area contributed by atoms with E-state index in [0.29, 0.717) is 26.2 Å². The Kier molecular flexibility index (Phi) is 8.41. The highest BCUT2D eigenvalue weighted by molar-refractivity contribution is 5.75. The van der Waals surface area contributed by atoms with Crippen LogP contribution in [0.5, 0.6) is 5.75 Å². The Morgan fingerprint density at radius 2 is 2.00 bits per heavy atom. The SMILES string of the molecule is COc1cccc(N2CCN(CCOCCC(=O)NCc3ccc(F)nc3)CC2)c1. The fourth-order valence-corrected chi connectivity index (χ4v) is 3.30. The molecule has 2 aromatic rings. The number of hydrogen-bond donors (Lipinski definition) is 1. The monoisotopic (exact) mass is 416 g/mol. The van der Waals surface area contributed by atoms with Crippen LogP contribution in [-0.2, 0) is 16.1 Å². The van der Waals surface area contributed by atoms with Gasteiger partial charge in [-0.1, -0.05) is 12.1 Å². The number of nitrogens with one attached hydrogen (secondary N) is 1. The number of ether oxygens (including phenoxy) is 2. The van der Waals surface area contributed by atoms with Crippen molar-refractivity contribution in [2.45, 2.75) is 13.0 Å². The number of carbonyl (C=O) groups is 1. The topological polar surface area (TPSA) is 66.9 Å². The largest absolute Gasteiger partial charge is 0.497 e. The summed E-state index contributed by atoms with van der Waals surface area (Å²) < 4.78 is 23.7. The van der Waals surface area contributed by atoms with Gasteiger partial charge in [0.15, 0.2) is 0 Å². The number of nitrogens with zero attached hydrogens (tertiary/aromatic N) is 3.